The van der Waals surface area contributed by atoms with E-state index in [1.54, 1.807) is 18.0 Å². The molecule has 1 heterocycles. The van der Waals surface area contributed by atoms with Crippen molar-refractivity contribution in [2.45, 2.75) is 42.1 Å². The fraction of sp³-hybridized carbons (Fsp3) is 0.333. The van der Waals surface area contributed by atoms with E-state index in [2.05, 4.69) is 10.3 Å². The van der Waals surface area contributed by atoms with Crippen LogP contribution in [0, 0.1) is 0 Å². The molecule has 2 N–H and O–H groups in total. The third-order valence-corrected chi connectivity index (χ3v) is 5.08. The molecule has 0 bridgehead atoms. The first kappa shape index (κ1) is 16.0. The van der Waals surface area contributed by atoms with Gasteiger partial charge in [0.05, 0.1) is 5.03 Å². The number of hydrogen-bond acceptors (Lipinski definition) is 4. The lowest BCUT2D eigenvalue weighted by molar-refractivity contribution is -0.133. The van der Waals surface area contributed by atoms with Crippen molar-refractivity contribution in [2.24, 2.45) is 0 Å². The van der Waals surface area contributed by atoms with Gasteiger partial charge in [-0.1, -0.05) is 18.2 Å². The summed E-state index contributed by atoms with van der Waals surface area (Å²) in [6.07, 6.45) is 4.69. The van der Waals surface area contributed by atoms with E-state index in [0.29, 0.717) is 12.8 Å². The zero-order valence-corrected chi connectivity index (χ0v) is 13.7. The number of benzene rings is 1. The maximum atomic E-state index is 12.3. The Morgan fingerprint density at radius 2 is 2.04 bits per heavy atom. The molecule has 0 aliphatic heterocycles. The molecule has 1 aromatic heterocycles. The molecule has 4 nitrogen and oxygen atoms in total. The molecular weight excluding hydrogens is 308 g/mol. The first-order chi connectivity index (χ1) is 11.2. The third kappa shape index (κ3) is 4.12. The van der Waals surface area contributed by atoms with Gasteiger partial charge in [0.25, 0.3) is 5.91 Å². The van der Waals surface area contributed by atoms with E-state index in [-0.39, 0.29) is 5.91 Å². The summed E-state index contributed by atoms with van der Waals surface area (Å²) < 4.78 is 0. The quantitative estimate of drug-likeness (QED) is 0.823. The van der Waals surface area contributed by atoms with Crippen molar-refractivity contribution in [1.29, 1.82) is 0 Å². The number of rotatable bonds is 5. The summed E-state index contributed by atoms with van der Waals surface area (Å²) in [6, 6.07) is 13.6. The highest BCUT2D eigenvalue weighted by Gasteiger charge is 2.38. The Bertz CT molecular complexity index is 670. The van der Waals surface area contributed by atoms with Crippen LogP contribution >= 0.6 is 11.8 Å². The van der Waals surface area contributed by atoms with Crippen LogP contribution in [-0.2, 0) is 10.5 Å². The van der Waals surface area contributed by atoms with Crippen LogP contribution in [-0.4, -0.2) is 21.6 Å². The first-order valence-electron chi connectivity index (χ1n) is 7.82. The fourth-order valence-corrected chi connectivity index (χ4v) is 3.57. The zero-order chi connectivity index (χ0) is 16.1. The molecule has 0 spiro atoms. The van der Waals surface area contributed by atoms with E-state index in [4.69, 9.17) is 0 Å². The molecule has 0 unspecified atom stereocenters. The average Bonchev–Trinajstić information content (AvgIpc) is 3.02. The van der Waals surface area contributed by atoms with Crippen LogP contribution in [0.25, 0.3) is 0 Å². The number of nitrogens with one attached hydrogen (secondary N) is 1. The predicted octanol–water partition coefficient (Wildman–Crippen LogP) is 3.62. The Labute approximate surface area is 140 Å². The van der Waals surface area contributed by atoms with Crippen LogP contribution in [0.3, 0.4) is 0 Å². The van der Waals surface area contributed by atoms with Crippen molar-refractivity contribution in [1.82, 2.24) is 4.98 Å². The van der Waals surface area contributed by atoms with Crippen LogP contribution in [0.2, 0.25) is 0 Å². The number of aromatic nitrogens is 1. The smallest absolute Gasteiger partial charge is 0.256 e. The predicted molar refractivity (Wildman–Crippen MR) is 92.3 cm³/mol. The van der Waals surface area contributed by atoms with Crippen LogP contribution in [0.1, 0.15) is 31.2 Å². The maximum Gasteiger partial charge on any atom is 0.256 e. The molecule has 1 aliphatic carbocycles. The summed E-state index contributed by atoms with van der Waals surface area (Å²) in [5, 5.41) is 14.1. The summed E-state index contributed by atoms with van der Waals surface area (Å²) in [6.45, 7) is 0. The van der Waals surface area contributed by atoms with Gasteiger partial charge in [0.1, 0.15) is 5.60 Å². The molecule has 23 heavy (non-hydrogen) atoms. The minimum absolute atomic E-state index is 0.287. The van der Waals surface area contributed by atoms with Crippen LogP contribution in [0.5, 0.6) is 0 Å². The summed E-state index contributed by atoms with van der Waals surface area (Å²) in [4.78, 5) is 16.5. The van der Waals surface area contributed by atoms with Crippen LogP contribution in [0.15, 0.2) is 53.7 Å². The van der Waals surface area contributed by atoms with Crippen molar-refractivity contribution in [2.75, 3.05) is 5.32 Å². The summed E-state index contributed by atoms with van der Waals surface area (Å²) in [5.74, 6) is 0.495. The van der Waals surface area contributed by atoms with E-state index in [1.807, 2.05) is 42.5 Å². The molecule has 0 atom stereocenters. The van der Waals surface area contributed by atoms with Gasteiger partial charge >= 0.3 is 0 Å². The summed E-state index contributed by atoms with van der Waals surface area (Å²) >= 11 is 1.65. The monoisotopic (exact) mass is 328 g/mol. The Kier molecular flexibility index (Phi) is 4.98. The van der Waals surface area contributed by atoms with E-state index >= 15 is 0 Å². The van der Waals surface area contributed by atoms with Crippen molar-refractivity contribution >= 4 is 23.4 Å². The molecule has 1 aliphatic rings. The Morgan fingerprint density at radius 3 is 2.78 bits per heavy atom. The highest BCUT2D eigenvalue weighted by Crippen LogP contribution is 2.31. The number of anilines is 1. The number of pyridine rings is 1. The summed E-state index contributed by atoms with van der Waals surface area (Å²) in [5.41, 5.74) is 0.643. The van der Waals surface area contributed by atoms with Gasteiger partial charge in [0.2, 0.25) is 0 Å². The molecule has 1 amide bonds. The summed E-state index contributed by atoms with van der Waals surface area (Å²) in [7, 11) is 0. The van der Waals surface area contributed by atoms with E-state index < -0.39 is 5.60 Å². The topological polar surface area (TPSA) is 62.2 Å². The molecule has 1 saturated carbocycles. The Morgan fingerprint density at radius 1 is 1.22 bits per heavy atom. The highest BCUT2D eigenvalue weighted by atomic mass is 32.2. The van der Waals surface area contributed by atoms with Gasteiger partial charge in [-0.2, -0.15) is 0 Å². The fourth-order valence-electron chi connectivity index (χ4n) is 2.76. The largest absolute Gasteiger partial charge is 0.380 e. The lowest BCUT2D eigenvalue weighted by atomic mass is 10.0. The van der Waals surface area contributed by atoms with Crippen molar-refractivity contribution in [3.8, 4) is 0 Å². The Balaban J connectivity index is 1.62. The maximum absolute atomic E-state index is 12.3. The molecular formula is C18H20N2O2S. The van der Waals surface area contributed by atoms with Gasteiger partial charge in [-0.25, -0.2) is 4.98 Å². The molecule has 1 fully saturated rings. The van der Waals surface area contributed by atoms with Gasteiger partial charge in [-0.3, -0.25) is 4.79 Å². The molecule has 2 aromatic rings. The third-order valence-electron chi connectivity index (χ3n) is 4.06. The van der Waals surface area contributed by atoms with Gasteiger partial charge < -0.3 is 10.4 Å². The molecule has 0 saturated heterocycles. The molecule has 0 radical (unpaired) electrons. The van der Waals surface area contributed by atoms with Gasteiger partial charge in [-0.05, 0) is 55.5 Å². The number of hydrogen-bond donors (Lipinski definition) is 2. The number of aliphatic hydroxyl groups is 1. The average molecular weight is 328 g/mol. The molecule has 5 heteroatoms. The second kappa shape index (κ2) is 7.15. The number of amides is 1. The van der Waals surface area contributed by atoms with Crippen LogP contribution in [0.4, 0.5) is 5.69 Å². The number of thioether (sulfide) groups is 1. The number of nitrogens with zero attached hydrogens (tertiary/aromatic N) is 1. The van der Waals surface area contributed by atoms with E-state index in [1.165, 1.54) is 0 Å². The molecule has 120 valence electrons. The van der Waals surface area contributed by atoms with Gasteiger partial charge in [0, 0.05) is 17.6 Å². The van der Waals surface area contributed by atoms with E-state index in [0.717, 1.165) is 34.9 Å². The van der Waals surface area contributed by atoms with Crippen molar-refractivity contribution < 1.29 is 9.90 Å². The molecule has 1 aromatic carbocycles. The number of carbonyl (C=O) groups is 1. The second-order valence-corrected chi connectivity index (χ2v) is 6.85. The lowest BCUT2D eigenvalue weighted by Crippen LogP contribution is -2.40. The molecule has 3 rings (SSSR count). The van der Waals surface area contributed by atoms with Gasteiger partial charge in [0.15, 0.2) is 0 Å². The zero-order valence-electron chi connectivity index (χ0n) is 12.9. The van der Waals surface area contributed by atoms with Crippen molar-refractivity contribution in [3.05, 3.63) is 54.2 Å². The second-order valence-electron chi connectivity index (χ2n) is 5.85. The Hall–Kier alpha value is -1.85. The lowest BCUT2D eigenvalue weighted by Gasteiger charge is -2.21. The van der Waals surface area contributed by atoms with Gasteiger partial charge in [-0.15, -0.1) is 11.8 Å². The van der Waals surface area contributed by atoms with Crippen molar-refractivity contribution in [3.63, 3.8) is 0 Å². The first-order valence-corrected chi connectivity index (χ1v) is 8.81. The SMILES string of the molecule is O=C(Nc1cccc(CSc2ccccn2)c1)C1(O)CCCC1. The minimum atomic E-state index is -1.20. The minimum Gasteiger partial charge on any atom is -0.380 e. The number of carbonyl (C=O) groups excluding carboxylic acids is 1. The standard InChI is InChI=1S/C18H20N2O2S/c21-17(18(22)9-2-3-10-18)20-15-7-5-6-14(12-15)13-23-16-8-1-4-11-19-16/h1,4-8,11-12,22H,2-3,9-10,13H2,(H,20,21). The highest BCUT2D eigenvalue weighted by molar-refractivity contribution is 7.98. The van der Waals surface area contributed by atoms with E-state index in [9.17, 15) is 9.90 Å². The normalized spacial score (nSPS) is 16.2. The van der Waals surface area contributed by atoms with Crippen LogP contribution < -0.4 is 5.32 Å².